The molecule has 1 fully saturated rings. The van der Waals surface area contributed by atoms with Crippen LogP contribution in [0.15, 0.2) is 24.3 Å². The number of nitrogen functional groups attached to an aromatic ring is 1. The lowest BCUT2D eigenvalue weighted by Crippen LogP contribution is -2.31. The lowest BCUT2D eigenvalue weighted by atomic mass is 10.2. The maximum absolute atomic E-state index is 11.4. The maximum atomic E-state index is 11.4. The quantitative estimate of drug-likeness (QED) is 0.475. The van der Waals surface area contributed by atoms with Gasteiger partial charge in [0.2, 0.25) is 0 Å². The van der Waals surface area contributed by atoms with Crippen LogP contribution in [0.4, 0.5) is 0 Å². The second-order valence-electron chi connectivity index (χ2n) is 4.88. The third-order valence-corrected chi connectivity index (χ3v) is 3.57. The third-order valence-electron chi connectivity index (χ3n) is 3.57. The van der Waals surface area contributed by atoms with Crippen LogP contribution in [0.1, 0.15) is 30.1 Å². The number of nitrogens with two attached hydrogens (primary N) is 1. The number of ether oxygens (including phenoxy) is 1. The van der Waals surface area contributed by atoms with Crippen LogP contribution in [0.2, 0.25) is 0 Å². The van der Waals surface area contributed by atoms with Gasteiger partial charge in [0.15, 0.2) is 0 Å². The summed E-state index contributed by atoms with van der Waals surface area (Å²) >= 11 is 0. The van der Waals surface area contributed by atoms with Gasteiger partial charge in [-0.25, -0.2) is 5.84 Å². The van der Waals surface area contributed by atoms with Crippen molar-refractivity contribution in [3.8, 4) is 5.75 Å². The highest BCUT2D eigenvalue weighted by atomic mass is 16.5. The zero-order valence-corrected chi connectivity index (χ0v) is 11.3. The van der Waals surface area contributed by atoms with E-state index in [-0.39, 0.29) is 5.91 Å². The largest absolute Gasteiger partial charge is 0.492 e. The first-order valence-electron chi connectivity index (χ1n) is 6.68. The van der Waals surface area contributed by atoms with Gasteiger partial charge in [-0.05, 0) is 44.5 Å². The van der Waals surface area contributed by atoms with Crippen LogP contribution in [0.5, 0.6) is 5.75 Å². The van der Waals surface area contributed by atoms with Gasteiger partial charge in [0, 0.05) is 18.2 Å². The molecule has 0 bridgehead atoms. The van der Waals surface area contributed by atoms with E-state index in [1.807, 2.05) is 6.07 Å². The standard InChI is InChI=1S/C14H21N3O2/c1-11-4-3-7-17(11)8-9-19-13-6-2-5-12(10-13)14(18)16-15/h2,5-6,10-11H,3-4,7-9,15H2,1H3,(H,16,18). The summed E-state index contributed by atoms with van der Waals surface area (Å²) in [5.41, 5.74) is 2.62. The summed E-state index contributed by atoms with van der Waals surface area (Å²) < 4.78 is 5.69. The lowest BCUT2D eigenvalue weighted by Gasteiger charge is -2.20. The molecule has 1 aliphatic heterocycles. The number of hydrogen-bond donors (Lipinski definition) is 2. The number of benzene rings is 1. The second-order valence-corrected chi connectivity index (χ2v) is 4.88. The molecule has 1 saturated heterocycles. The topological polar surface area (TPSA) is 67.6 Å². The predicted molar refractivity (Wildman–Crippen MR) is 73.9 cm³/mol. The fourth-order valence-electron chi connectivity index (χ4n) is 2.42. The Bertz CT molecular complexity index is 436. The lowest BCUT2D eigenvalue weighted by molar-refractivity contribution is 0.0953. The first-order valence-corrected chi connectivity index (χ1v) is 6.68. The molecule has 1 amide bonds. The van der Waals surface area contributed by atoms with E-state index >= 15 is 0 Å². The van der Waals surface area contributed by atoms with Crippen LogP contribution in [-0.4, -0.2) is 36.5 Å². The van der Waals surface area contributed by atoms with Crippen LogP contribution < -0.4 is 16.0 Å². The molecule has 2 rings (SSSR count). The minimum absolute atomic E-state index is 0.307. The molecule has 1 atom stereocenters. The van der Waals surface area contributed by atoms with Crippen LogP contribution in [0, 0.1) is 0 Å². The molecule has 1 aromatic carbocycles. The summed E-state index contributed by atoms with van der Waals surface area (Å²) in [5, 5.41) is 0. The number of nitrogens with one attached hydrogen (secondary N) is 1. The molecule has 1 aliphatic rings. The Morgan fingerprint density at radius 3 is 3.11 bits per heavy atom. The minimum atomic E-state index is -0.307. The second kappa shape index (κ2) is 6.54. The fourth-order valence-corrected chi connectivity index (χ4v) is 2.42. The van der Waals surface area contributed by atoms with Crippen molar-refractivity contribution >= 4 is 5.91 Å². The van der Waals surface area contributed by atoms with Gasteiger partial charge in [-0.3, -0.25) is 15.1 Å². The van der Waals surface area contributed by atoms with Crippen molar-refractivity contribution in [1.29, 1.82) is 0 Å². The Morgan fingerprint density at radius 2 is 2.42 bits per heavy atom. The third kappa shape index (κ3) is 3.68. The van der Waals surface area contributed by atoms with Crippen molar-refractivity contribution in [2.24, 2.45) is 5.84 Å². The molecule has 5 heteroatoms. The van der Waals surface area contributed by atoms with E-state index in [9.17, 15) is 4.79 Å². The molecule has 5 nitrogen and oxygen atoms in total. The monoisotopic (exact) mass is 263 g/mol. The van der Waals surface area contributed by atoms with Crippen molar-refractivity contribution < 1.29 is 9.53 Å². The van der Waals surface area contributed by atoms with Crippen molar-refractivity contribution in [2.75, 3.05) is 19.7 Å². The molecule has 104 valence electrons. The molecule has 3 N–H and O–H groups in total. The van der Waals surface area contributed by atoms with Crippen LogP contribution in [0.3, 0.4) is 0 Å². The minimum Gasteiger partial charge on any atom is -0.492 e. The molecular weight excluding hydrogens is 242 g/mol. The van der Waals surface area contributed by atoms with Gasteiger partial charge in [0.05, 0.1) is 0 Å². The Hall–Kier alpha value is -1.59. The van der Waals surface area contributed by atoms with E-state index in [1.165, 1.54) is 12.8 Å². The summed E-state index contributed by atoms with van der Waals surface area (Å²) in [5.74, 6) is 5.50. The number of likely N-dealkylation sites (tertiary alicyclic amines) is 1. The van der Waals surface area contributed by atoms with Crippen LogP contribution >= 0.6 is 0 Å². The summed E-state index contributed by atoms with van der Waals surface area (Å²) in [7, 11) is 0. The first kappa shape index (κ1) is 13.8. The summed E-state index contributed by atoms with van der Waals surface area (Å²) in [6.07, 6.45) is 2.54. The molecule has 0 radical (unpaired) electrons. The van der Waals surface area contributed by atoms with Crippen molar-refractivity contribution in [1.82, 2.24) is 10.3 Å². The molecule has 0 aromatic heterocycles. The number of hydrogen-bond acceptors (Lipinski definition) is 4. The van der Waals surface area contributed by atoms with E-state index in [0.29, 0.717) is 24.0 Å². The Balaban J connectivity index is 1.84. The molecule has 0 aliphatic carbocycles. The number of hydrazine groups is 1. The molecule has 1 unspecified atom stereocenters. The fraction of sp³-hybridized carbons (Fsp3) is 0.500. The van der Waals surface area contributed by atoms with E-state index in [0.717, 1.165) is 13.1 Å². The van der Waals surface area contributed by atoms with Gasteiger partial charge < -0.3 is 4.74 Å². The number of nitrogens with zero attached hydrogens (tertiary/aromatic N) is 1. The SMILES string of the molecule is CC1CCCN1CCOc1cccc(C(=O)NN)c1. The molecule has 0 saturated carbocycles. The number of rotatable bonds is 5. The normalized spacial score (nSPS) is 19.4. The average Bonchev–Trinajstić information content (AvgIpc) is 2.84. The highest BCUT2D eigenvalue weighted by Gasteiger charge is 2.19. The Kier molecular flexibility index (Phi) is 4.76. The van der Waals surface area contributed by atoms with E-state index in [2.05, 4.69) is 17.2 Å². The summed E-state index contributed by atoms with van der Waals surface area (Å²) in [6, 6.07) is 7.70. The zero-order valence-electron chi connectivity index (χ0n) is 11.3. The number of carbonyl (C=O) groups is 1. The maximum Gasteiger partial charge on any atom is 0.265 e. The van der Waals surface area contributed by atoms with Crippen molar-refractivity contribution in [3.05, 3.63) is 29.8 Å². The van der Waals surface area contributed by atoms with Gasteiger partial charge in [-0.15, -0.1) is 0 Å². The highest BCUT2D eigenvalue weighted by Crippen LogP contribution is 2.17. The van der Waals surface area contributed by atoms with E-state index in [4.69, 9.17) is 10.6 Å². The Labute approximate surface area is 113 Å². The molecular formula is C14H21N3O2. The van der Waals surface area contributed by atoms with E-state index in [1.54, 1.807) is 18.2 Å². The summed E-state index contributed by atoms with van der Waals surface area (Å²) in [4.78, 5) is 13.8. The van der Waals surface area contributed by atoms with Gasteiger partial charge in [0.1, 0.15) is 12.4 Å². The van der Waals surface area contributed by atoms with Gasteiger partial charge in [-0.1, -0.05) is 6.07 Å². The summed E-state index contributed by atoms with van der Waals surface area (Å²) in [6.45, 7) is 4.96. The van der Waals surface area contributed by atoms with Gasteiger partial charge in [-0.2, -0.15) is 0 Å². The zero-order chi connectivity index (χ0) is 13.7. The molecule has 19 heavy (non-hydrogen) atoms. The van der Waals surface area contributed by atoms with Crippen LogP contribution in [0.25, 0.3) is 0 Å². The molecule has 0 spiro atoms. The first-order chi connectivity index (χ1) is 9.20. The molecule has 1 aromatic rings. The highest BCUT2D eigenvalue weighted by molar-refractivity contribution is 5.94. The predicted octanol–water partition coefficient (Wildman–Crippen LogP) is 1.15. The number of carbonyl (C=O) groups excluding carboxylic acids is 1. The average molecular weight is 263 g/mol. The Morgan fingerprint density at radius 1 is 1.58 bits per heavy atom. The number of amides is 1. The van der Waals surface area contributed by atoms with Gasteiger partial charge >= 0.3 is 0 Å². The van der Waals surface area contributed by atoms with Crippen molar-refractivity contribution in [2.45, 2.75) is 25.8 Å². The van der Waals surface area contributed by atoms with Crippen LogP contribution in [-0.2, 0) is 0 Å². The smallest absolute Gasteiger partial charge is 0.265 e. The van der Waals surface area contributed by atoms with Gasteiger partial charge in [0.25, 0.3) is 5.91 Å². The van der Waals surface area contributed by atoms with Crippen molar-refractivity contribution in [3.63, 3.8) is 0 Å². The molecule has 1 heterocycles. The van der Waals surface area contributed by atoms with E-state index < -0.39 is 0 Å².